The van der Waals surface area contributed by atoms with Crippen molar-refractivity contribution in [2.45, 2.75) is 33.4 Å². The van der Waals surface area contributed by atoms with Crippen LogP contribution in [0.2, 0.25) is 0 Å². The molecule has 8 nitrogen and oxygen atoms in total. The number of amides is 2. The molecule has 2 aromatic carbocycles. The highest BCUT2D eigenvalue weighted by Crippen LogP contribution is 2.24. The molecule has 2 heterocycles. The number of carbonyl (C=O) groups excluding carboxylic acids is 2. The number of aromatic nitrogens is 2. The minimum atomic E-state index is -0.694. The van der Waals surface area contributed by atoms with Crippen molar-refractivity contribution in [2.75, 3.05) is 26.3 Å². The molecule has 1 aliphatic heterocycles. The zero-order valence-corrected chi connectivity index (χ0v) is 19.7. The van der Waals surface area contributed by atoms with Crippen LogP contribution in [0, 0.1) is 16.7 Å². The molecule has 4 rings (SSSR count). The zero-order valence-electron chi connectivity index (χ0n) is 19.7. The van der Waals surface area contributed by atoms with Gasteiger partial charge < -0.3 is 15.0 Å². The number of nitriles is 1. The summed E-state index contributed by atoms with van der Waals surface area (Å²) in [6, 6.07) is 16.3. The van der Waals surface area contributed by atoms with Crippen molar-refractivity contribution in [3.63, 3.8) is 0 Å². The standard InChI is InChI=1S/C26H29N5O3/c1-26(2,3)23(25(33)30-12-14-34-15-13-30)28-24(32)22-20-6-4-5-7-21(20)31(29-22)17-19-10-8-18(16-27)9-11-19/h4-11,23H,12-15,17H2,1-3H3,(H,28,32)/t23-/m1/s1. The number of hydrogen-bond donors (Lipinski definition) is 1. The van der Waals surface area contributed by atoms with Crippen LogP contribution in [0.3, 0.4) is 0 Å². The predicted octanol–water partition coefficient (Wildman–Crippen LogP) is 2.96. The molecule has 1 aromatic heterocycles. The highest BCUT2D eigenvalue weighted by molar-refractivity contribution is 6.06. The molecule has 0 bridgehead atoms. The van der Waals surface area contributed by atoms with Crippen LogP contribution < -0.4 is 5.32 Å². The molecule has 0 aliphatic carbocycles. The zero-order chi connectivity index (χ0) is 24.3. The maximum atomic E-state index is 13.4. The number of fused-ring (bicyclic) bond motifs is 1. The first-order valence-corrected chi connectivity index (χ1v) is 11.4. The SMILES string of the molecule is CC(C)(C)[C@H](NC(=O)c1nn(Cc2ccc(C#N)cc2)c2ccccc12)C(=O)N1CCOCC1. The third kappa shape index (κ3) is 4.95. The minimum Gasteiger partial charge on any atom is -0.378 e. The van der Waals surface area contributed by atoms with Gasteiger partial charge in [0.15, 0.2) is 5.69 Å². The number of morpholine rings is 1. The van der Waals surface area contributed by atoms with Crippen LogP contribution in [0.4, 0.5) is 0 Å². The molecule has 1 atom stereocenters. The molecule has 0 unspecified atom stereocenters. The lowest BCUT2D eigenvalue weighted by molar-refractivity contribution is -0.139. The first kappa shape index (κ1) is 23.5. The fraction of sp³-hybridized carbons (Fsp3) is 0.385. The second-order valence-electron chi connectivity index (χ2n) is 9.54. The van der Waals surface area contributed by atoms with Crippen LogP contribution >= 0.6 is 0 Å². The number of rotatable bonds is 5. The van der Waals surface area contributed by atoms with E-state index >= 15 is 0 Å². The second-order valence-corrected chi connectivity index (χ2v) is 9.54. The number of nitrogens with zero attached hydrogens (tertiary/aromatic N) is 4. The summed E-state index contributed by atoms with van der Waals surface area (Å²) in [4.78, 5) is 28.5. The maximum Gasteiger partial charge on any atom is 0.273 e. The molecule has 8 heteroatoms. The fourth-order valence-corrected chi connectivity index (χ4v) is 4.09. The molecule has 3 aromatic rings. The van der Waals surface area contributed by atoms with Gasteiger partial charge >= 0.3 is 0 Å². The Hall–Kier alpha value is -3.70. The number of carbonyl (C=O) groups is 2. The van der Waals surface area contributed by atoms with E-state index in [-0.39, 0.29) is 17.5 Å². The summed E-state index contributed by atoms with van der Waals surface area (Å²) in [6.07, 6.45) is 0. The molecule has 0 saturated carbocycles. The van der Waals surface area contributed by atoms with Crippen LogP contribution in [-0.2, 0) is 16.1 Å². The normalized spacial score (nSPS) is 15.1. The van der Waals surface area contributed by atoms with Gasteiger partial charge in [-0.15, -0.1) is 0 Å². The van der Waals surface area contributed by atoms with E-state index in [4.69, 9.17) is 10.00 Å². The largest absolute Gasteiger partial charge is 0.378 e. The summed E-state index contributed by atoms with van der Waals surface area (Å²) in [5.74, 6) is -0.484. The molecule has 1 saturated heterocycles. The first-order chi connectivity index (χ1) is 16.3. The molecular weight excluding hydrogens is 430 g/mol. The molecular formula is C26H29N5O3. The molecule has 1 aliphatic rings. The quantitative estimate of drug-likeness (QED) is 0.632. The van der Waals surface area contributed by atoms with Gasteiger partial charge in [-0.25, -0.2) is 0 Å². The summed E-state index contributed by atoms with van der Waals surface area (Å²) in [7, 11) is 0. The minimum absolute atomic E-state index is 0.106. The lowest BCUT2D eigenvalue weighted by Crippen LogP contribution is -2.56. The Bertz CT molecular complexity index is 1230. The second kappa shape index (κ2) is 9.65. The van der Waals surface area contributed by atoms with Crippen LogP contribution in [0.25, 0.3) is 10.9 Å². The molecule has 176 valence electrons. The highest BCUT2D eigenvalue weighted by Gasteiger charge is 2.37. The Labute approximate surface area is 199 Å². The van der Waals surface area contributed by atoms with Gasteiger partial charge in [0.2, 0.25) is 5.91 Å². The van der Waals surface area contributed by atoms with Crippen LogP contribution in [0.1, 0.15) is 42.4 Å². The number of nitrogens with one attached hydrogen (secondary N) is 1. The van der Waals surface area contributed by atoms with E-state index in [0.717, 1.165) is 16.5 Å². The summed E-state index contributed by atoms with van der Waals surface area (Å²) < 4.78 is 7.15. The lowest BCUT2D eigenvalue weighted by Gasteiger charge is -2.36. The smallest absolute Gasteiger partial charge is 0.273 e. The van der Waals surface area contributed by atoms with Gasteiger partial charge in [0, 0.05) is 18.5 Å². The van der Waals surface area contributed by atoms with Crippen molar-refractivity contribution in [1.82, 2.24) is 20.0 Å². The Kier molecular flexibility index (Phi) is 6.66. The Balaban J connectivity index is 1.62. The van der Waals surface area contributed by atoms with Crippen molar-refractivity contribution in [3.05, 3.63) is 65.4 Å². The van der Waals surface area contributed by atoms with Gasteiger partial charge in [0.25, 0.3) is 5.91 Å². The topological polar surface area (TPSA) is 100 Å². The maximum absolute atomic E-state index is 13.4. The number of hydrogen-bond acceptors (Lipinski definition) is 5. The van der Waals surface area contributed by atoms with E-state index in [1.165, 1.54) is 0 Å². The Morgan fingerprint density at radius 3 is 2.44 bits per heavy atom. The predicted molar refractivity (Wildman–Crippen MR) is 128 cm³/mol. The summed E-state index contributed by atoms with van der Waals surface area (Å²) in [6.45, 7) is 8.32. The third-order valence-corrected chi connectivity index (χ3v) is 6.00. The summed E-state index contributed by atoms with van der Waals surface area (Å²) >= 11 is 0. The average Bonchev–Trinajstić information content (AvgIpc) is 3.21. The Morgan fingerprint density at radius 1 is 1.12 bits per heavy atom. The van der Waals surface area contributed by atoms with Gasteiger partial charge in [-0.3, -0.25) is 14.3 Å². The number of ether oxygens (including phenoxy) is 1. The molecule has 34 heavy (non-hydrogen) atoms. The van der Waals surface area contributed by atoms with Crippen molar-refractivity contribution >= 4 is 22.7 Å². The van der Waals surface area contributed by atoms with Crippen molar-refractivity contribution < 1.29 is 14.3 Å². The van der Waals surface area contributed by atoms with Gasteiger partial charge in [0.1, 0.15) is 6.04 Å². The van der Waals surface area contributed by atoms with E-state index in [0.29, 0.717) is 38.4 Å². The van der Waals surface area contributed by atoms with Crippen molar-refractivity contribution in [1.29, 1.82) is 5.26 Å². The molecule has 1 N–H and O–H groups in total. The van der Waals surface area contributed by atoms with Gasteiger partial charge in [-0.2, -0.15) is 10.4 Å². The lowest BCUT2D eigenvalue weighted by atomic mass is 9.85. The van der Waals surface area contributed by atoms with E-state index in [1.54, 1.807) is 21.7 Å². The van der Waals surface area contributed by atoms with E-state index < -0.39 is 11.5 Å². The van der Waals surface area contributed by atoms with E-state index in [1.807, 2.05) is 57.2 Å². The monoisotopic (exact) mass is 459 g/mol. The average molecular weight is 460 g/mol. The molecule has 0 spiro atoms. The van der Waals surface area contributed by atoms with E-state index in [9.17, 15) is 9.59 Å². The number of para-hydroxylation sites is 1. The van der Waals surface area contributed by atoms with Crippen LogP contribution in [0.15, 0.2) is 48.5 Å². The number of benzene rings is 2. The van der Waals surface area contributed by atoms with Gasteiger partial charge in [-0.1, -0.05) is 51.1 Å². The fourth-order valence-electron chi connectivity index (χ4n) is 4.09. The highest BCUT2D eigenvalue weighted by atomic mass is 16.5. The molecule has 2 amide bonds. The third-order valence-electron chi connectivity index (χ3n) is 6.00. The molecule has 0 radical (unpaired) electrons. The van der Waals surface area contributed by atoms with Crippen LogP contribution in [0.5, 0.6) is 0 Å². The molecule has 1 fully saturated rings. The van der Waals surface area contributed by atoms with Crippen molar-refractivity contribution in [2.24, 2.45) is 5.41 Å². The van der Waals surface area contributed by atoms with E-state index in [2.05, 4.69) is 16.5 Å². The summed E-state index contributed by atoms with van der Waals surface area (Å²) in [5, 5.41) is 17.4. The van der Waals surface area contributed by atoms with Gasteiger partial charge in [-0.05, 0) is 29.2 Å². The Morgan fingerprint density at radius 2 is 1.79 bits per heavy atom. The van der Waals surface area contributed by atoms with Crippen molar-refractivity contribution in [3.8, 4) is 6.07 Å². The van der Waals surface area contributed by atoms with Gasteiger partial charge in [0.05, 0.1) is 36.9 Å². The first-order valence-electron chi connectivity index (χ1n) is 11.4. The van der Waals surface area contributed by atoms with Crippen LogP contribution in [-0.4, -0.2) is 58.8 Å². The summed E-state index contributed by atoms with van der Waals surface area (Å²) in [5.41, 5.74) is 2.19.